The highest BCUT2D eigenvalue weighted by molar-refractivity contribution is 5.83. The zero-order valence-electron chi connectivity index (χ0n) is 13.9. The summed E-state index contributed by atoms with van der Waals surface area (Å²) in [5.74, 6) is 0. The number of hydrogen-bond acceptors (Lipinski definition) is 1. The van der Waals surface area contributed by atoms with E-state index >= 15 is 0 Å². The molecule has 0 saturated carbocycles. The third kappa shape index (κ3) is 5.42. The van der Waals surface area contributed by atoms with E-state index in [1.807, 2.05) is 13.1 Å². The maximum Gasteiger partial charge on any atom is 0.0311 e. The molecule has 0 amide bonds. The van der Waals surface area contributed by atoms with Crippen LogP contribution in [0.15, 0.2) is 51.7 Å². The van der Waals surface area contributed by atoms with E-state index in [9.17, 15) is 0 Å². The van der Waals surface area contributed by atoms with Gasteiger partial charge in [0.05, 0.1) is 0 Å². The van der Waals surface area contributed by atoms with Crippen molar-refractivity contribution < 1.29 is 0 Å². The zero-order valence-corrected chi connectivity index (χ0v) is 13.9. The van der Waals surface area contributed by atoms with E-state index < -0.39 is 0 Å². The van der Waals surface area contributed by atoms with Crippen LogP contribution < -0.4 is 0 Å². The number of hydrogen-bond donors (Lipinski definition) is 0. The van der Waals surface area contributed by atoms with Crippen molar-refractivity contribution in [2.75, 3.05) is 0 Å². The third-order valence-electron chi connectivity index (χ3n) is 3.28. The molecule has 0 unspecified atom stereocenters. The molecule has 0 atom stereocenters. The van der Waals surface area contributed by atoms with Crippen LogP contribution >= 0.6 is 0 Å². The summed E-state index contributed by atoms with van der Waals surface area (Å²) in [6.07, 6.45) is 1.93. The molecule has 1 nitrogen and oxygen atoms in total. The maximum absolute atomic E-state index is 4.36. The van der Waals surface area contributed by atoms with Crippen molar-refractivity contribution in [2.45, 2.75) is 55.4 Å². The average molecular weight is 259 g/mol. The largest absolute Gasteiger partial charge is 0.262 e. The Morgan fingerprint density at radius 2 is 1.37 bits per heavy atom. The first-order valence-electron chi connectivity index (χ1n) is 6.73. The Bertz CT molecular complexity index is 458. The lowest BCUT2D eigenvalue weighted by atomic mass is 9.81. The molecule has 106 valence electrons. The van der Waals surface area contributed by atoms with E-state index in [-0.39, 0.29) is 5.41 Å². The van der Waals surface area contributed by atoms with Crippen LogP contribution in [-0.4, -0.2) is 6.21 Å². The molecule has 0 bridgehead atoms. The predicted octanol–water partition coefficient (Wildman–Crippen LogP) is 5.87. The molecule has 0 aromatic heterocycles. The van der Waals surface area contributed by atoms with Gasteiger partial charge in [0.25, 0.3) is 0 Å². The summed E-state index contributed by atoms with van der Waals surface area (Å²) in [4.78, 5) is 4.36. The quantitative estimate of drug-likeness (QED) is 0.442. The smallest absolute Gasteiger partial charge is 0.0311 e. The van der Waals surface area contributed by atoms with E-state index in [2.05, 4.69) is 66.6 Å². The highest BCUT2D eigenvalue weighted by atomic mass is 14.7. The first-order valence-corrected chi connectivity index (χ1v) is 6.73. The van der Waals surface area contributed by atoms with Gasteiger partial charge in [-0.3, -0.25) is 4.99 Å². The number of allylic oxidation sites excluding steroid dienone is 6. The second-order valence-corrected chi connectivity index (χ2v) is 6.39. The van der Waals surface area contributed by atoms with E-state index in [1.165, 1.54) is 22.3 Å². The molecule has 0 aliphatic heterocycles. The molecule has 0 radical (unpaired) electrons. The summed E-state index contributed by atoms with van der Waals surface area (Å²) in [6, 6.07) is 0. The third-order valence-corrected chi connectivity index (χ3v) is 3.28. The Morgan fingerprint density at radius 3 is 1.68 bits per heavy atom. The van der Waals surface area contributed by atoms with Crippen molar-refractivity contribution in [3.05, 3.63) is 46.7 Å². The lowest BCUT2D eigenvalue weighted by molar-refractivity contribution is 0.522. The maximum atomic E-state index is 4.36. The number of nitrogens with zero attached hydrogens (tertiary/aromatic N) is 1. The SMILES string of the molecule is C=C(C)N=C/C(=C(\C)C(=C)C(C)=C(C)C)C(C)(C)C. The molecule has 0 rings (SSSR count). The molecule has 0 fully saturated rings. The monoisotopic (exact) mass is 259 g/mol. The Labute approximate surface area is 119 Å². The van der Waals surface area contributed by atoms with E-state index in [0.29, 0.717) is 0 Å². The van der Waals surface area contributed by atoms with Gasteiger partial charge in [-0.15, -0.1) is 0 Å². The van der Waals surface area contributed by atoms with Crippen molar-refractivity contribution in [2.24, 2.45) is 10.4 Å². The summed E-state index contributed by atoms with van der Waals surface area (Å²) in [5, 5.41) is 0. The molecule has 0 spiro atoms. The first-order chi connectivity index (χ1) is 8.48. The summed E-state index contributed by atoms with van der Waals surface area (Å²) >= 11 is 0. The predicted molar refractivity (Wildman–Crippen MR) is 88.6 cm³/mol. The molecule has 0 N–H and O–H groups in total. The molecule has 0 aromatic rings. The van der Waals surface area contributed by atoms with Crippen molar-refractivity contribution in [3.63, 3.8) is 0 Å². The van der Waals surface area contributed by atoms with Crippen molar-refractivity contribution in [1.29, 1.82) is 0 Å². The summed E-state index contributed by atoms with van der Waals surface area (Å²) in [7, 11) is 0. The first kappa shape index (κ1) is 17.6. The fraction of sp³-hybridized carbons (Fsp3) is 0.500. The number of rotatable bonds is 4. The van der Waals surface area contributed by atoms with E-state index in [1.54, 1.807) is 0 Å². The topological polar surface area (TPSA) is 12.4 Å². The molecule has 0 aliphatic carbocycles. The molecule has 0 aromatic carbocycles. The Morgan fingerprint density at radius 1 is 0.895 bits per heavy atom. The van der Waals surface area contributed by atoms with Gasteiger partial charge in [0, 0.05) is 11.9 Å². The summed E-state index contributed by atoms with van der Waals surface area (Å²) < 4.78 is 0. The van der Waals surface area contributed by atoms with Gasteiger partial charge in [-0.25, -0.2) is 0 Å². The molecule has 0 heterocycles. The van der Waals surface area contributed by atoms with Crippen LogP contribution in [0.3, 0.4) is 0 Å². The second kappa shape index (κ2) is 6.70. The highest BCUT2D eigenvalue weighted by Gasteiger charge is 2.19. The van der Waals surface area contributed by atoms with Gasteiger partial charge < -0.3 is 0 Å². The minimum absolute atomic E-state index is 0.0356. The van der Waals surface area contributed by atoms with Gasteiger partial charge in [-0.1, -0.05) is 39.5 Å². The zero-order chi connectivity index (χ0) is 15.4. The van der Waals surface area contributed by atoms with Crippen LogP contribution in [0, 0.1) is 5.41 Å². The van der Waals surface area contributed by atoms with Gasteiger partial charge in [-0.05, 0) is 62.3 Å². The average Bonchev–Trinajstić information content (AvgIpc) is 2.24. The van der Waals surface area contributed by atoms with Crippen molar-refractivity contribution >= 4 is 6.21 Å². The van der Waals surface area contributed by atoms with Crippen LogP contribution in [0.2, 0.25) is 0 Å². The minimum atomic E-state index is 0.0356. The summed E-state index contributed by atoms with van der Waals surface area (Å²) in [6.45, 7) is 25.0. The van der Waals surface area contributed by atoms with Gasteiger partial charge in [0.1, 0.15) is 0 Å². The van der Waals surface area contributed by atoms with Gasteiger partial charge in [-0.2, -0.15) is 0 Å². The van der Waals surface area contributed by atoms with E-state index in [4.69, 9.17) is 0 Å². The van der Waals surface area contributed by atoms with Crippen LogP contribution in [0.25, 0.3) is 0 Å². The van der Waals surface area contributed by atoms with Crippen LogP contribution in [-0.2, 0) is 0 Å². The molecule has 19 heavy (non-hydrogen) atoms. The summed E-state index contributed by atoms with van der Waals surface area (Å²) in [5.41, 5.74) is 6.92. The minimum Gasteiger partial charge on any atom is -0.262 e. The van der Waals surface area contributed by atoms with E-state index in [0.717, 1.165) is 11.3 Å². The molecule has 0 saturated heterocycles. The van der Waals surface area contributed by atoms with Crippen LogP contribution in [0.5, 0.6) is 0 Å². The Hall–Kier alpha value is -1.37. The fourth-order valence-electron chi connectivity index (χ4n) is 1.77. The molecule has 0 aliphatic rings. The van der Waals surface area contributed by atoms with Gasteiger partial charge in [0.15, 0.2) is 0 Å². The van der Waals surface area contributed by atoms with Crippen molar-refractivity contribution in [1.82, 2.24) is 0 Å². The molecule has 1 heteroatoms. The molecular formula is C18H29N. The van der Waals surface area contributed by atoms with Crippen LogP contribution in [0.1, 0.15) is 55.4 Å². The van der Waals surface area contributed by atoms with Crippen LogP contribution in [0.4, 0.5) is 0 Å². The Balaban J connectivity index is 5.83. The highest BCUT2D eigenvalue weighted by Crippen LogP contribution is 2.32. The van der Waals surface area contributed by atoms with Gasteiger partial charge >= 0.3 is 0 Å². The lowest BCUT2D eigenvalue weighted by Gasteiger charge is -2.24. The normalized spacial score (nSPS) is 13.3. The fourth-order valence-corrected chi connectivity index (χ4v) is 1.77. The second-order valence-electron chi connectivity index (χ2n) is 6.39. The molecular weight excluding hydrogens is 230 g/mol. The van der Waals surface area contributed by atoms with Crippen molar-refractivity contribution in [3.8, 4) is 0 Å². The lowest BCUT2D eigenvalue weighted by Crippen LogP contribution is -2.14. The number of aliphatic imine (C=N–C) groups is 1. The van der Waals surface area contributed by atoms with Gasteiger partial charge in [0.2, 0.25) is 0 Å². The Kier molecular flexibility index (Phi) is 6.21. The standard InChI is InChI=1S/C18H29N/c1-12(2)14(5)15(6)16(7)17(18(8,9)10)11-19-13(3)4/h11H,3,6H2,1-2,4-5,7-10H3/b17-16-,19-11?.